The molecule has 1 amide bonds. The summed E-state index contributed by atoms with van der Waals surface area (Å²) in [5.74, 6) is 0.286. The maximum atomic E-state index is 11.7. The van der Waals surface area contributed by atoms with Crippen molar-refractivity contribution in [3.05, 3.63) is 58.8 Å². The van der Waals surface area contributed by atoms with Gasteiger partial charge in [-0.1, -0.05) is 56.0 Å². The third-order valence-corrected chi connectivity index (χ3v) is 5.38. The van der Waals surface area contributed by atoms with E-state index in [1.165, 1.54) is 36.6 Å². The van der Waals surface area contributed by atoms with E-state index in [4.69, 9.17) is 5.21 Å². The fraction of sp³-hybridized carbons (Fsp3) is 0.429. The number of nitrogens with zero attached hydrogens (tertiary/aromatic N) is 1. The van der Waals surface area contributed by atoms with Crippen molar-refractivity contribution in [3.63, 3.8) is 0 Å². The minimum absolute atomic E-state index is 0.121. The van der Waals surface area contributed by atoms with E-state index in [1.807, 2.05) is 6.92 Å². The number of anilines is 1. The van der Waals surface area contributed by atoms with Crippen molar-refractivity contribution in [2.24, 2.45) is 0 Å². The quantitative estimate of drug-likeness (QED) is 0.552. The van der Waals surface area contributed by atoms with E-state index in [0.29, 0.717) is 5.56 Å². The maximum Gasteiger partial charge on any atom is 0.276 e. The lowest BCUT2D eigenvalue weighted by Crippen LogP contribution is -2.38. The fourth-order valence-electron chi connectivity index (χ4n) is 3.82. The van der Waals surface area contributed by atoms with Gasteiger partial charge in [-0.25, -0.2) is 10.5 Å². The number of amides is 1. The highest BCUT2D eigenvalue weighted by Crippen LogP contribution is 2.40. The fourth-order valence-corrected chi connectivity index (χ4v) is 3.82. The molecule has 0 saturated heterocycles. The van der Waals surface area contributed by atoms with Gasteiger partial charge >= 0.3 is 0 Å². The molecule has 0 atom stereocenters. The minimum atomic E-state index is -0.537. The van der Waals surface area contributed by atoms with Crippen molar-refractivity contribution >= 4 is 11.7 Å². The second kappa shape index (κ2) is 7.87. The first kappa shape index (κ1) is 18.4. The highest BCUT2D eigenvalue weighted by atomic mass is 16.5. The lowest BCUT2D eigenvalue weighted by atomic mass is 9.76. The van der Waals surface area contributed by atoms with Crippen molar-refractivity contribution in [1.29, 1.82) is 0 Å². The van der Waals surface area contributed by atoms with Gasteiger partial charge in [-0.2, -0.15) is 0 Å². The molecule has 138 valence electrons. The summed E-state index contributed by atoms with van der Waals surface area (Å²) in [6, 6.07) is 10.6. The SMILES string of the molecule is CCc1cc(C(=O)NO)cnc1NC1(c2ccc(C)cc2)CCCCC1. The van der Waals surface area contributed by atoms with Crippen LogP contribution in [0.3, 0.4) is 0 Å². The topological polar surface area (TPSA) is 74.2 Å². The molecule has 1 heterocycles. The Morgan fingerprint density at radius 1 is 1.19 bits per heavy atom. The molecule has 5 nitrogen and oxygen atoms in total. The molecule has 3 rings (SSSR count). The van der Waals surface area contributed by atoms with Crippen LogP contribution in [0, 0.1) is 6.92 Å². The zero-order valence-electron chi connectivity index (χ0n) is 15.5. The first-order valence-electron chi connectivity index (χ1n) is 9.36. The maximum absolute atomic E-state index is 11.7. The second-order valence-electron chi connectivity index (χ2n) is 7.16. The largest absolute Gasteiger partial charge is 0.360 e. The van der Waals surface area contributed by atoms with Crippen LogP contribution in [0.15, 0.2) is 36.5 Å². The van der Waals surface area contributed by atoms with E-state index in [9.17, 15) is 4.79 Å². The zero-order valence-corrected chi connectivity index (χ0v) is 15.5. The lowest BCUT2D eigenvalue weighted by molar-refractivity contribution is 0.0706. The van der Waals surface area contributed by atoms with Crippen LogP contribution in [0.5, 0.6) is 0 Å². The minimum Gasteiger partial charge on any atom is -0.360 e. The molecule has 1 aromatic carbocycles. The Bertz CT molecular complexity index is 765. The van der Waals surface area contributed by atoms with Gasteiger partial charge in [-0.3, -0.25) is 10.0 Å². The number of pyridine rings is 1. The molecule has 0 spiro atoms. The molecule has 5 heteroatoms. The van der Waals surface area contributed by atoms with Crippen molar-refractivity contribution in [1.82, 2.24) is 10.5 Å². The van der Waals surface area contributed by atoms with Crippen LogP contribution in [0.25, 0.3) is 0 Å². The molecular weight excluding hydrogens is 326 g/mol. The van der Waals surface area contributed by atoms with Crippen LogP contribution in [-0.4, -0.2) is 16.1 Å². The summed E-state index contributed by atoms with van der Waals surface area (Å²) in [5, 5.41) is 12.6. The van der Waals surface area contributed by atoms with Crippen molar-refractivity contribution < 1.29 is 10.0 Å². The Kier molecular flexibility index (Phi) is 5.57. The third-order valence-electron chi connectivity index (χ3n) is 5.38. The summed E-state index contributed by atoms with van der Waals surface area (Å²) in [7, 11) is 0. The third kappa shape index (κ3) is 3.73. The number of nitrogens with one attached hydrogen (secondary N) is 2. The van der Waals surface area contributed by atoms with Crippen LogP contribution in [0.4, 0.5) is 5.82 Å². The van der Waals surface area contributed by atoms with E-state index in [-0.39, 0.29) is 5.54 Å². The standard InChI is InChI=1S/C21H27N3O2/c1-3-16-13-17(20(25)24-26)14-22-19(16)23-21(11-5-4-6-12-21)18-9-7-15(2)8-10-18/h7-10,13-14,26H,3-6,11-12H2,1-2H3,(H,22,23)(H,24,25). The Morgan fingerprint density at radius 3 is 2.50 bits per heavy atom. The first-order valence-corrected chi connectivity index (χ1v) is 9.36. The molecule has 1 aliphatic rings. The van der Waals surface area contributed by atoms with E-state index < -0.39 is 5.91 Å². The number of rotatable bonds is 5. The van der Waals surface area contributed by atoms with E-state index in [0.717, 1.165) is 30.6 Å². The monoisotopic (exact) mass is 353 g/mol. The summed E-state index contributed by atoms with van der Waals surface area (Å²) >= 11 is 0. The van der Waals surface area contributed by atoms with Crippen molar-refractivity contribution in [2.45, 2.75) is 57.9 Å². The number of carbonyl (C=O) groups is 1. The number of aromatic nitrogens is 1. The average Bonchev–Trinajstić information content (AvgIpc) is 2.68. The van der Waals surface area contributed by atoms with E-state index >= 15 is 0 Å². The van der Waals surface area contributed by atoms with Crippen LogP contribution in [0.1, 0.15) is 66.1 Å². The number of hydrogen-bond acceptors (Lipinski definition) is 4. The van der Waals surface area contributed by atoms with E-state index in [2.05, 4.69) is 41.5 Å². The molecule has 2 aromatic rings. The number of carbonyl (C=O) groups excluding carboxylic acids is 1. The van der Waals surface area contributed by atoms with Gasteiger partial charge in [0, 0.05) is 6.20 Å². The predicted molar refractivity (Wildman–Crippen MR) is 102 cm³/mol. The highest BCUT2D eigenvalue weighted by Gasteiger charge is 2.34. The van der Waals surface area contributed by atoms with Crippen molar-refractivity contribution in [3.8, 4) is 0 Å². The summed E-state index contributed by atoms with van der Waals surface area (Å²) in [5.41, 5.74) is 5.44. The first-order chi connectivity index (χ1) is 12.6. The zero-order chi connectivity index (χ0) is 18.6. The van der Waals surface area contributed by atoms with Gasteiger partial charge < -0.3 is 5.32 Å². The van der Waals surface area contributed by atoms with Crippen LogP contribution in [-0.2, 0) is 12.0 Å². The van der Waals surface area contributed by atoms with Crippen LogP contribution < -0.4 is 10.8 Å². The van der Waals surface area contributed by atoms with Gasteiger partial charge in [0.2, 0.25) is 0 Å². The number of hydroxylamine groups is 1. The Labute approximate surface area is 154 Å². The van der Waals surface area contributed by atoms with Crippen molar-refractivity contribution in [2.75, 3.05) is 5.32 Å². The summed E-state index contributed by atoms with van der Waals surface area (Å²) in [6.45, 7) is 4.15. The molecule has 3 N–H and O–H groups in total. The molecule has 1 aliphatic carbocycles. The van der Waals surface area contributed by atoms with E-state index in [1.54, 1.807) is 11.5 Å². The molecule has 0 unspecified atom stereocenters. The lowest BCUT2D eigenvalue weighted by Gasteiger charge is -2.39. The van der Waals surface area contributed by atoms with Gasteiger partial charge in [0.05, 0.1) is 11.1 Å². The predicted octanol–water partition coefficient (Wildman–Crippen LogP) is 4.34. The molecular formula is C21H27N3O2. The van der Waals surface area contributed by atoms with Crippen LogP contribution >= 0.6 is 0 Å². The van der Waals surface area contributed by atoms with Gasteiger partial charge in [0.1, 0.15) is 5.82 Å². The Morgan fingerprint density at radius 2 is 1.88 bits per heavy atom. The summed E-state index contributed by atoms with van der Waals surface area (Å²) in [6.07, 6.45) is 8.05. The smallest absolute Gasteiger partial charge is 0.276 e. The van der Waals surface area contributed by atoms with Crippen LogP contribution in [0.2, 0.25) is 0 Å². The number of hydrogen-bond donors (Lipinski definition) is 3. The summed E-state index contributed by atoms with van der Waals surface area (Å²) < 4.78 is 0. The Hall–Kier alpha value is -2.40. The molecule has 0 aliphatic heterocycles. The Balaban J connectivity index is 1.97. The molecule has 1 aromatic heterocycles. The normalized spacial score (nSPS) is 16.1. The number of aryl methyl sites for hydroxylation is 2. The molecule has 26 heavy (non-hydrogen) atoms. The molecule has 1 fully saturated rings. The average molecular weight is 353 g/mol. The van der Waals surface area contributed by atoms with Gasteiger partial charge in [-0.05, 0) is 43.4 Å². The highest BCUT2D eigenvalue weighted by molar-refractivity contribution is 5.93. The van der Waals surface area contributed by atoms with Gasteiger partial charge in [0.15, 0.2) is 0 Å². The molecule has 1 saturated carbocycles. The summed E-state index contributed by atoms with van der Waals surface area (Å²) in [4.78, 5) is 16.2. The molecule has 0 bridgehead atoms. The van der Waals surface area contributed by atoms with Gasteiger partial charge in [-0.15, -0.1) is 0 Å². The second-order valence-corrected chi connectivity index (χ2v) is 7.16. The molecule has 0 radical (unpaired) electrons. The number of benzene rings is 1. The van der Waals surface area contributed by atoms with Gasteiger partial charge in [0.25, 0.3) is 5.91 Å².